The minimum Gasteiger partial charge on any atom is -0.351 e. The van der Waals surface area contributed by atoms with Crippen LogP contribution in [0.1, 0.15) is 23.7 Å². The summed E-state index contributed by atoms with van der Waals surface area (Å²) in [6, 6.07) is 0. The molecule has 0 radical (unpaired) electrons. The molecule has 6 heteroatoms. The van der Waals surface area contributed by atoms with Gasteiger partial charge in [0, 0.05) is 42.2 Å². The van der Waals surface area contributed by atoms with Crippen LogP contribution in [0.3, 0.4) is 0 Å². The predicted octanol–water partition coefficient (Wildman–Crippen LogP) is 2.60. The maximum atomic E-state index is 4.43. The van der Waals surface area contributed by atoms with Crippen molar-refractivity contribution >= 4 is 29.1 Å². The van der Waals surface area contributed by atoms with Crippen LogP contribution in [0.4, 0.5) is 0 Å². The predicted molar refractivity (Wildman–Crippen MR) is 89.7 cm³/mol. The van der Waals surface area contributed by atoms with Crippen LogP contribution in [0.2, 0.25) is 0 Å². The van der Waals surface area contributed by atoms with E-state index in [-0.39, 0.29) is 0 Å². The van der Waals surface area contributed by atoms with Crippen LogP contribution in [0, 0.1) is 12.8 Å². The summed E-state index contributed by atoms with van der Waals surface area (Å²) in [6.45, 7) is 9.63. The monoisotopic (exact) mass is 312 g/mol. The van der Waals surface area contributed by atoms with E-state index in [0.29, 0.717) is 11.2 Å². The van der Waals surface area contributed by atoms with Gasteiger partial charge in [0.05, 0.1) is 11.6 Å². The Kier molecular flexibility index (Phi) is 5.72. The SMILES string of the molecule is CN=C(NCc1cnc(C)s1)N1CCSC(C(C)C)C1. The van der Waals surface area contributed by atoms with Crippen LogP contribution in [-0.4, -0.2) is 47.0 Å². The van der Waals surface area contributed by atoms with Gasteiger partial charge in [-0.3, -0.25) is 4.99 Å². The Hall–Kier alpha value is -0.750. The molecule has 1 aliphatic rings. The zero-order valence-electron chi connectivity index (χ0n) is 12.7. The molecule has 1 saturated heterocycles. The Morgan fingerprint density at radius 3 is 3.00 bits per heavy atom. The number of hydrogen-bond acceptors (Lipinski definition) is 4. The number of thioether (sulfide) groups is 1. The topological polar surface area (TPSA) is 40.5 Å². The summed E-state index contributed by atoms with van der Waals surface area (Å²) in [7, 11) is 1.87. The summed E-state index contributed by atoms with van der Waals surface area (Å²) in [4.78, 5) is 12.4. The quantitative estimate of drug-likeness (QED) is 0.688. The van der Waals surface area contributed by atoms with E-state index in [4.69, 9.17) is 0 Å². The Bertz CT molecular complexity index is 456. The first kappa shape index (κ1) is 15.6. The molecule has 0 aromatic carbocycles. The third-order valence-electron chi connectivity index (χ3n) is 3.44. The number of thiazole rings is 1. The van der Waals surface area contributed by atoms with E-state index >= 15 is 0 Å². The van der Waals surface area contributed by atoms with Crippen molar-refractivity contribution in [2.75, 3.05) is 25.9 Å². The number of guanidine groups is 1. The lowest BCUT2D eigenvalue weighted by Crippen LogP contribution is -2.48. The molecular formula is C14H24N4S2. The number of aromatic nitrogens is 1. The molecule has 20 heavy (non-hydrogen) atoms. The van der Waals surface area contributed by atoms with Gasteiger partial charge in [-0.05, 0) is 12.8 Å². The van der Waals surface area contributed by atoms with E-state index in [1.165, 1.54) is 10.6 Å². The van der Waals surface area contributed by atoms with Crippen molar-refractivity contribution in [3.05, 3.63) is 16.1 Å². The first-order valence-electron chi connectivity index (χ1n) is 7.08. The standard InChI is InChI=1S/C14H24N4S2/c1-10(2)13-9-18(5-6-19-13)14(15-4)17-8-12-7-16-11(3)20-12/h7,10,13H,5-6,8-9H2,1-4H3,(H,15,17). The Morgan fingerprint density at radius 1 is 1.60 bits per heavy atom. The molecule has 2 rings (SSSR count). The smallest absolute Gasteiger partial charge is 0.194 e. The summed E-state index contributed by atoms with van der Waals surface area (Å²) in [5, 5.41) is 5.28. The van der Waals surface area contributed by atoms with Gasteiger partial charge in [-0.2, -0.15) is 11.8 Å². The zero-order valence-corrected chi connectivity index (χ0v) is 14.4. The maximum absolute atomic E-state index is 4.43. The van der Waals surface area contributed by atoms with Gasteiger partial charge in [0.15, 0.2) is 5.96 Å². The molecule has 1 aliphatic heterocycles. The van der Waals surface area contributed by atoms with Crippen molar-refractivity contribution in [2.24, 2.45) is 10.9 Å². The van der Waals surface area contributed by atoms with Gasteiger partial charge in [0.1, 0.15) is 0 Å². The average molecular weight is 313 g/mol. The molecule has 1 fully saturated rings. The molecule has 1 unspecified atom stereocenters. The van der Waals surface area contributed by atoms with Crippen molar-refractivity contribution in [3.8, 4) is 0 Å². The molecule has 0 bridgehead atoms. The van der Waals surface area contributed by atoms with Crippen molar-refractivity contribution in [1.29, 1.82) is 0 Å². The van der Waals surface area contributed by atoms with Gasteiger partial charge >= 0.3 is 0 Å². The molecule has 4 nitrogen and oxygen atoms in total. The summed E-state index contributed by atoms with van der Waals surface area (Å²) in [5.41, 5.74) is 0. The first-order chi connectivity index (χ1) is 9.60. The fourth-order valence-corrected chi connectivity index (χ4v) is 4.29. The lowest BCUT2D eigenvalue weighted by atomic mass is 10.1. The highest BCUT2D eigenvalue weighted by atomic mass is 32.2. The molecule has 0 saturated carbocycles. The highest BCUT2D eigenvalue weighted by Crippen LogP contribution is 2.24. The number of nitrogens with zero attached hydrogens (tertiary/aromatic N) is 3. The second-order valence-electron chi connectivity index (χ2n) is 5.35. The lowest BCUT2D eigenvalue weighted by Gasteiger charge is -2.36. The minimum absolute atomic E-state index is 0.702. The zero-order chi connectivity index (χ0) is 14.5. The van der Waals surface area contributed by atoms with E-state index in [0.717, 1.165) is 30.6 Å². The summed E-state index contributed by atoms with van der Waals surface area (Å²) < 4.78 is 0. The van der Waals surface area contributed by atoms with Gasteiger partial charge in [-0.1, -0.05) is 13.8 Å². The third kappa shape index (κ3) is 4.12. The largest absolute Gasteiger partial charge is 0.351 e. The number of nitrogens with one attached hydrogen (secondary N) is 1. The van der Waals surface area contributed by atoms with Crippen LogP contribution in [0.15, 0.2) is 11.2 Å². The lowest BCUT2D eigenvalue weighted by molar-refractivity contribution is 0.381. The molecule has 1 atom stereocenters. The summed E-state index contributed by atoms with van der Waals surface area (Å²) in [6.07, 6.45) is 1.95. The number of aliphatic imine (C=N–C) groups is 1. The van der Waals surface area contributed by atoms with Gasteiger partial charge in [0.2, 0.25) is 0 Å². The van der Waals surface area contributed by atoms with E-state index in [9.17, 15) is 0 Å². The van der Waals surface area contributed by atoms with Crippen molar-refractivity contribution in [3.63, 3.8) is 0 Å². The molecular weight excluding hydrogens is 288 g/mol. The first-order valence-corrected chi connectivity index (χ1v) is 8.95. The van der Waals surface area contributed by atoms with E-state index < -0.39 is 0 Å². The van der Waals surface area contributed by atoms with Gasteiger partial charge in [-0.15, -0.1) is 11.3 Å². The Morgan fingerprint density at radius 2 is 2.40 bits per heavy atom. The van der Waals surface area contributed by atoms with E-state index in [1.54, 1.807) is 11.3 Å². The van der Waals surface area contributed by atoms with Crippen LogP contribution < -0.4 is 5.32 Å². The summed E-state index contributed by atoms with van der Waals surface area (Å²) >= 11 is 3.83. The van der Waals surface area contributed by atoms with Gasteiger partial charge in [0.25, 0.3) is 0 Å². The number of aryl methyl sites for hydroxylation is 1. The van der Waals surface area contributed by atoms with Gasteiger partial charge < -0.3 is 10.2 Å². The van der Waals surface area contributed by atoms with Crippen molar-refractivity contribution < 1.29 is 0 Å². The van der Waals surface area contributed by atoms with Crippen LogP contribution in [0.5, 0.6) is 0 Å². The van der Waals surface area contributed by atoms with Crippen LogP contribution in [0.25, 0.3) is 0 Å². The van der Waals surface area contributed by atoms with Gasteiger partial charge in [-0.25, -0.2) is 4.98 Å². The molecule has 112 valence electrons. The Labute approximate surface area is 130 Å². The minimum atomic E-state index is 0.702. The molecule has 0 spiro atoms. The summed E-state index contributed by atoms with van der Waals surface area (Å²) in [5.74, 6) is 2.91. The van der Waals surface area contributed by atoms with E-state index in [2.05, 4.69) is 45.8 Å². The van der Waals surface area contributed by atoms with Crippen molar-refractivity contribution in [1.82, 2.24) is 15.2 Å². The normalized spacial score (nSPS) is 20.6. The molecule has 0 aliphatic carbocycles. The second-order valence-corrected chi connectivity index (χ2v) is 8.01. The maximum Gasteiger partial charge on any atom is 0.194 e. The molecule has 1 N–H and O–H groups in total. The van der Waals surface area contributed by atoms with Crippen LogP contribution in [-0.2, 0) is 6.54 Å². The third-order valence-corrected chi connectivity index (χ3v) is 5.89. The highest BCUT2D eigenvalue weighted by molar-refractivity contribution is 8.00. The fraction of sp³-hybridized carbons (Fsp3) is 0.714. The average Bonchev–Trinajstić information content (AvgIpc) is 2.85. The van der Waals surface area contributed by atoms with E-state index in [1.807, 2.05) is 20.2 Å². The van der Waals surface area contributed by atoms with Crippen LogP contribution >= 0.6 is 23.1 Å². The van der Waals surface area contributed by atoms with Crippen molar-refractivity contribution in [2.45, 2.75) is 32.6 Å². The molecule has 0 amide bonds. The molecule has 1 aromatic heterocycles. The molecule has 1 aromatic rings. The molecule has 2 heterocycles. The number of rotatable bonds is 3. The Balaban J connectivity index is 1.91. The number of hydrogen-bond donors (Lipinski definition) is 1. The second kappa shape index (κ2) is 7.31. The fourth-order valence-electron chi connectivity index (χ4n) is 2.26. The highest BCUT2D eigenvalue weighted by Gasteiger charge is 2.24.